The highest BCUT2D eigenvalue weighted by Crippen LogP contribution is 2.42. The van der Waals surface area contributed by atoms with Gasteiger partial charge in [0.05, 0.1) is 0 Å². The highest BCUT2D eigenvalue weighted by atomic mass is 28.4. The molecule has 0 spiro atoms. The first-order valence-corrected chi connectivity index (χ1v) is 15.0. The first kappa shape index (κ1) is 29.2. The summed E-state index contributed by atoms with van der Waals surface area (Å²) in [6.07, 6.45) is 3.41. The van der Waals surface area contributed by atoms with Crippen LogP contribution in [0.2, 0.25) is 18.1 Å². The van der Waals surface area contributed by atoms with Crippen LogP contribution in [0, 0.1) is 23.7 Å². The summed E-state index contributed by atoms with van der Waals surface area (Å²) in [7, 11) is -2.37. The second-order valence-corrected chi connectivity index (χ2v) is 16.0. The number of allylic oxidation sites excluding steroid dienone is 3. The smallest absolute Gasteiger partial charge is 0.408 e. The lowest BCUT2D eigenvalue weighted by Gasteiger charge is -2.44. The van der Waals surface area contributed by atoms with Crippen LogP contribution in [0.1, 0.15) is 54.4 Å². The van der Waals surface area contributed by atoms with Gasteiger partial charge in [0.1, 0.15) is 5.60 Å². The van der Waals surface area contributed by atoms with E-state index in [-0.39, 0.29) is 29.5 Å². The zero-order valence-corrected chi connectivity index (χ0v) is 23.6. The minimum atomic E-state index is -2.37. The van der Waals surface area contributed by atoms with E-state index in [4.69, 9.17) is 13.9 Å². The fourth-order valence-corrected chi connectivity index (χ4v) is 4.68. The Morgan fingerprint density at radius 2 is 1.67 bits per heavy atom. The summed E-state index contributed by atoms with van der Waals surface area (Å²) in [5.74, 6) is 11.3. The minimum Gasteiger partial charge on any atom is -0.444 e. The van der Waals surface area contributed by atoms with E-state index in [1.807, 2.05) is 0 Å². The number of carbonyl (C=O) groups excluding carboxylic acids is 3. The van der Waals surface area contributed by atoms with Gasteiger partial charge in [-0.25, -0.2) is 9.59 Å². The van der Waals surface area contributed by atoms with Crippen molar-refractivity contribution in [1.82, 2.24) is 10.6 Å². The molecule has 2 aliphatic carbocycles. The number of hydrogen-bond acceptors (Lipinski definition) is 6. The Bertz CT molecular complexity index is 1060. The van der Waals surface area contributed by atoms with Crippen LogP contribution in [0.4, 0.5) is 9.59 Å². The van der Waals surface area contributed by atoms with Crippen molar-refractivity contribution >= 4 is 26.3 Å². The molecule has 2 unspecified atom stereocenters. The van der Waals surface area contributed by atoms with Gasteiger partial charge in [-0.1, -0.05) is 44.6 Å². The number of nitrogens with one attached hydrogen (secondary N) is 2. The number of carbonyl (C=O) groups is 3. The van der Waals surface area contributed by atoms with Crippen LogP contribution in [0.5, 0.6) is 0 Å². The van der Waals surface area contributed by atoms with Crippen LogP contribution in [-0.2, 0) is 18.7 Å². The van der Waals surface area contributed by atoms with Crippen molar-refractivity contribution in [2.75, 3.05) is 13.1 Å². The summed E-state index contributed by atoms with van der Waals surface area (Å²) in [5, 5.41) is 4.98. The summed E-state index contributed by atoms with van der Waals surface area (Å²) in [6.45, 7) is 16.0. The average molecular weight is 515 g/mol. The second-order valence-electron chi connectivity index (χ2n) is 11.2. The van der Waals surface area contributed by atoms with Crippen molar-refractivity contribution in [2.24, 2.45) is 0 Å². The number of Topliss-reactive ketones (excluding diaryl/α,β-unsaturated/α-hetero) is 1. The Balaban J connectivity index is 2.13. The Labute approximate surface area is 215 Å². The number of rotatable bonds is 6. The molecule has 0 heterocycles. The average Bonchev–Trinajstić information content (AvgIpc) is 2.72. The van der Waals surface area contributed by atoms with Crippen molar-refractivity contribution in [3.8, 4) is 23.7 Å². The van der Waals surface area contributed by atoms with E-state index in [1.165, 1.54) is 0 Å². The third-order valence-corrected chi connectivity index (χ3v) is 10.5. The molecule has 0 aromatic carbocycles. The molecule has 2 bridgehead atoms. The number of alkyl carbamates (subject to hydrolysis) is 2. The molecule has 0 radical (unpaired) electrons. The maximum atomic E-state index is 13.8. The molecule has 2 aliphatic rings. The molecule has 9 heteroatoms. The maximum absolute atomic E-state index is 13.8. The van der Waals surface area contributed by atoms with Crippen LogP contribution in [-0.4, -0.2) is 56.7 Å². The summed E-state index contributed by atoms with van der Waals surface area (Å²) in [4.78, 5) is 38.0. The predicted molar refractivity (Wildman–Crippen MR) is 141 cm³/mol. The van der Waals surface area contributed by atoms with E-state index in [0.717, 1.165) is 0 Å². The van der Waals surface area contributed by atoms with Crippen molar-refractivity contribution in [2.45, 2.75) is 89.8 Å². The van der Waals surface area contributed by atoms with Gasteiger partial charge >= 0.3 is 12.2 Å². The van der Waals surface area contributed by atoms with Crippen LogP contribution in [0.15, 0.2) is 23.8 Å². The van der Waals surface area contributed by atoms with Gasteiger partial charge in [-0.3, -0.25) is 4.79 Å². The van der Waals surface area contributed by atoms with Gasteiger partial charge in [0.2, 0.25) is 5.78 Å². The van der Waals surface area contributed by atoms with Gasteiger partial charge in [0, 0.05) is 18.7 Å². The monoisotopic (exact) mass is 514 g/mol. The standard InChI is InChI=1S/C27H38N2O6Si/c1-25(2,3)34-24(32)29-19-18-28-23(31)33-21-15-11-9-10-12-16-27(17-13-14-20(21)22(27)30)35-36(7,8)26(4,5)6/h9-10,14,21H,13,17-19H2,1-8H3,(H,28,31)(H,29,32)/b10-9-. The summed E-state index contributed by atoms with van der Waals surface area (Å²) >= 11 is 0. The Hall–Kier alpha value is -3.01. The van der Waals surface area contributed by atoms with Crippen molar-refractivity contribution in [3.63, 3.8) is 0 Å². The zero-order chi connectivity index (χ0) is 27.2. The van der Waals surface area contributed by atoms with E-state index in [0.29, 0.717) is 12.8 Å². The molecule has 0 aliphatic heterocycles. The van der Waals surface area contributed by atoms with Gasteiger partial charge in [-0.05, 0) is 69.8 Å². The second kappa shape index (κ2) is 11.4. The highest BCUT2D eigenvalue weighted by Gasteiger charge is 2.50. The first-order chi connectivity index (χ1) is 16.6. The first-order valence-electron chi connectivity index (χ1n) is 12.1. The fraction of sp³-hybridized carbons (Fsp3) is 0.593. The lowest BCUT2D eigenvalue weighted by molar-refractivity contribution is -0.128. The largest absolute Gasteiger partial charge is 0.444 e. The van der Waals surface area contributed by atoms with Crippen LogP contribution in [0.25, 0.3) is 0 Å². The predicted octanol–water partition coefficient (Wildman–Crippen LogP) is 4.23. The summed E-state index contributed by atoms with van der Waals surface area (Å²) in [5.41, 5.74) is -1.67. The van der Waals surface area contributed by atoms with Crippen LogP contribution < -0.4 is 10.6 Å². The van der Waals surface area contributed by atoms with E-state index >= 15 is 0 Å². The molecule has 0 fully saturated rings. The SMILES string of the molecule is CC(C)(C)OC(=O)NCCNC(=O)OC1C#C/C=C\C#CC2(O[Si](C)(C)C(C)(C)C)CCC=C1C2=O. The van der Waals surface area contributed by atoms with Crippen molar-refractivity contribution in [3.05, 3.63) is 23.8 Å². The quantitative estimate of drug-likeness (QED) is 0.312. The van der Waals surface area contributed by atoms with Gasteiger partial charge in [0.15, 0.2) is 20.0 Å². The summed E-state index contributed by atoms with van der Waals surface area (Å²) in [6, 6.07) is 0. The molecular formula is C27H38N2O6Si. The van der Waals surface area contributed by atoms with Crippen molar-refractivity contribution in [1.29, 1.82) is 0 Å². The molecule has 0 saturated heterocycles. The molecule has 36 heavy (non-hydrogen) atoms. The van der Waals surface area contributed by atoms with Gasteiger partial charge in [-0.15, -0.1) is 0 Å². The van der Waals surface area contributed by atoms with E-state index < -0.39 is 37.8 Å². The normalized spacial score (nSPS) is 22.5. The van der Waals surface area contributed by atoms with Crippen LogP contribution >= 0.6 is 0 Å². The zero-order valence-electron chi connectivity index (χ0n) is 22.6. The van der Waals surface area contributed by atoms with Gasteiger partial charge in [0.25, 0.3) is 0 Å². The molecule has 2 N–H and O–H groups in total. The van der Waals surface area contributed by atoms with Gasteiger partial charge in [-0.2, -0.15) is 0 Å². The van der Waals surface area contributed by atoms with Crippen LogP contribution in [0.3, 0.4) is 0 Å². The Kier molecular flexibility index (Phi) is 9.22. The molecular weight excluding hydrogens is 476 g/mol. The number of amides is 2. The van der Waals surface area contributed by atoms with E-state index in [2.05, 4.69) is 68.2 Å². The number of fused-ring (bicyclic) bond motifs is 2. The third kappa shape index (κ3) is 8.01. The topological polar surface area (TPSA) is 103 Å². The van der Waals surface area contributed by atoms with E-state index in [1.54, 1.807) is 39.0 Å². The molecule has 0 aromatic heterocycles. The van der Waals surface area contributed by atoms with Gasteiger partial charge < -0.3 is 24.5 Å². The lowest BCUT2D eigenvalue weighted by Crippen LogP contribution is -2.55. The highest BCUT2D eigenvalue weighted by molar-refractivity contribution is 6.74. The summed E-state index contributed by atoms with van der Waals surface area (Å²) < 4.78 is 17.3. The minimum absolute atomic E-state index is 0.106. The fourth-order valence-electron chi connectivity index (χ4n) is 3.26. The molecule has 2 rings (SSSR count). The number of ketones is 1. The lowest BCUT2D eigenvalue weighted by atomic mass is 9.81. The van der Waals surface area contributed by atoms with Crippen molar-refractivity contribution < 1.29 is 28.3 Å². The molecule has 0 aromatic rings. The molecule has 8 nitrogen and oxygen atoms in total. The molecule has 2 amide bonds. The molecule has 196 valence electrons. The third-order valence-electron chi connectivity index (χ3n) is 6.03. The molecule has 2 atom stereocenters. The Morgan fingerprint density at radius 3 is 2.28 bits per heavy atom. The molecule has 0 saturated carbocycles. The number of hydrogen-bond donors (Lipinski definition) is 2. The maximum Gasteiger partial charge on any atom is 0.408 e. The number of ether oxygens (including phenoxy) is 2. The van der Waals surface area contributed by atoms with E-state index in [9.17, 15) is 14.4 Å². The Morgan fingerprint density at radius 1 is 1.06 bits per heavy atom.